The zero-order valence-electron chi connectivity index (χ0n) is 19.7. The van der Waals surface area contributed by atoms with Crippen LogP contribution < -0.4 is 0 Å². The van der Waals surface area contributed by atoms with Crippen LogP contribution in [0.15, 0.2) is 48.8 Å². The molecule has 0 bridgehead atoms. The highest BCUT2D eigenvalue weighted by Crippen LogP contribution is 2.34. The molecule has 0 fully saturated rings. The van der Waals surface area contributed by atoms with Crippen molar-refractivity contribution in [2.45, 2.75) is 39.2 Å². The smallest absolute Gasteiger partial charge is 0.223 e. The number of aromatic nitrogens is 4. The molecule has 4 aromatic rings. The minimum absolute atomic E-state index is 0.0620. The molecule has 0 aliphatic carbocycles. The van der Waals surface area contributed by atoms with Crippen molar-refractivity contribution in [3.63, 3.8) is 0 Å². The molecule has 0 atom stereocenters. The largest absolute Gasteiger partial charge is 0.341 e. The van der Waals surface area contributed by atoms with Crippen molar-refractivity contribution in [1.82, 2.24) is 24.6 Å². The van der Waals surface area contributed by atoms with Gasteiger partial charge in [-0.25, -0.2) is 0 Å². The molecule has 172 valence electrons. The number of nitrogens with zero attached hydrogens (tertiary/aromatic N) is 5. The van der Waals surface area contributed by atoms with Gasteiger partial charge in [0.2, 0.25) is 5.91 Å². The second-order valence-corrected chi connectivity index (χ2v) is 8.85. The van der Waals surface area contributed by atoms with Gasteiger partial charge < -0.3 is 4.90 Å². The van der Waals surface area contributed by atoms with E-state index in [0.29, 0.717) is 31.5 Å². The van der Waals surface area contributed by atoms with Crippen LogP contribution in [-0.2, 0) is 24.8 Å². The van der Waals surface area contributed by atoms with Crippen LogP contribution in [0.25, 0.3) is 33.3 Å². The lowest BCUT2D eigenvalue weighted by molar-refractivity contribution is -0.130. The number of Topliss-reactive ketones (excluding diaryl/α,β-unsaturated/α-hetero) is 1. The first kappa shape index (κ1) is 21.9. The summed E-state index contributed by atoms with van der Waals surface area (Å²) in [7, 11) is 3.79. The molecule has 7 nitrogen and oxygen atoms in total. The van der Waals surface area contributed by atoms with Crippen LogP contribution in [0, 0.1) is 0 Å². The molecule has 3 aromatic heterocycles. The van der Waals surface area contributed by atoms with Crippen molar-refractivity contribution in [2.75, 3.05) is 7.05 Å². The number of carbonyl (C=O) groups excluding carboxylic acids is 2. The van der Waals surface area contributed by atoms with Gasteiger partial charge in [-0.3, -0.25) is 24.2 Å². The number of ketones is 1. The fourth-order valence-corrected chi connectivity index (χ4v) is 4.64. The summed E-state index contributed by atoms with van der Waals surface area (Å²) in [6, 6.07) is 11.9. The van der Waals surface area contributed by atoms with Crippen molar-refractivity contribution >= 4 is 22.5 Å². The van der Waals surface area contributed by atoms with Crippen LogP contribution in [0.3, 0.4) is 0 Å². The first-order valence-electron chi connectivity index (χ1n) is 11.6. The molecule has 7 heteroatoms. The fraction of sp³-hybridized carbons (Fsp3) is 0.296. The van der Waals surface area contributed by atoms with Gasteiger partial charge in [0, 0.05) is 73.6 Å². The van der Waals surface area contributed by atoms with E-state index in [1.807, 2.05) is 50.1 Å². The number of rotatable bonds is 5. The van der Waals surface area contributed by atoms with Gasteiger partial charge >= 0.3 is 0 Å². The van der Waals surface area contributed by atoms with E-state index in [2.05, 4.69) is 17.1 Å². The van der Waals surface area contributed by atoms with E-state index in [0.717, 1.165) is 51.0 Å². The minimum Gasteiger partial charge on any atom is -0.341 e. The van der Waals surface area contributed by atoms with E-state index in [-0.39, 0.29) is 11.7 Å². The molecule has 5 rings (SSSR count). The average molecular weight is 454 g/mol. The summed E-state index contributed by atoms with van der Waals surface area (Å²) in [5.41, 5.74) is 6.29. The fourth-order valence-electron chi connectivity index (χ4n) is 4.64. The highest BCUT2D eigenvalue weighted by atomic mass is 16.2. The molecule has 4 heterocycles. The number of aryl methyl sites for hydroxylation is 1. The molecule has 1 aliphatic heterocycles. The molecular weight excluding hydrogens is 426 g/mol. The Morgan fingerprint density at radius 2 is 1.91 bits per heavy atom. The van der Waals surface area contributed by atoms with Gasteiger partial charge in [0.1, 0.15) is 5.69 Å². The van der Waals surface area contributed by atoms with Crippen LogP contribution in [0.1, 0.15) is 47.9 Å². The van der Waals surface area contributed by atoms with Gasteiger partial charge in [0.05, 0.1) is 11.4 Å². The Morgan fingerprint density at radius 1 is 1.06 bits per heavy atom. The number of benzene rings is 1. The maximum atomic E-state index is 12.3. The minimum atomic E-state index is 0.0620. The van der Waals surface area contributed by atoms with Gasteiger partial charge in [0.15, 0.2) is 5.78 Å². The summed E-state index contributed by atoms with van der Waals surface area (Å²) in [5.74, 6) is 0.217. The SMILES string of the molecule is CCCC(=O)c1ccc(-c2cc3cccc(-c4nn(C)c5c4CN(C)C(=O)CC5)c3cn2)cn1. The topological polar surface area (TPSA) is 81.0 Å². The summed E-state index contributed by atoms with van der Waals surface area (Å²) in [4.78, 5) is 35.2. The number of fused-ring (bicyclic) bond motifs is 2. The van der Waals surface area contributed by atoms with Crippen molar-refractivity contribution < 1.29 is 9.59 Å². The highest BCUT2D eigenvalue weighted by Gasteiger charge is 2.25. The normalized spacial score (nSPS) is 13.7. The zero-order chi connectivity index (χ0) is 23.8. The first-order chi connectivity index (χ1) is 16.5. The third-order valence-corrected chi connectivity index (χ3v) is 6.51. The van der Waals surface area contributed by atoms with Crippen molar-refractivity contribution in [1.29, 1.82) is 0 Å². The van der Waals surface area contributed by atoms with Crippen LogP contribution >= 0.6 is 0 Å². The lowest BCUT2D eigenvalue weighted by atomic mass is 9.98. The Kier molecular flexibility index (Phi) is 5.69. The average Bonchev–Trinajstić information content (AvgIpc) is 3.07. The highest BCUT2D eigenvalue weighted by molar-refractivity contribution is 5.98. The summed E-state index contributed by atoms with van der Waals surface area (Å²) in [6.07, 6.45) is 6.10. The van der Waals surface area contributed by atoms with Crippen LogP contribution in [0.2, 0.25) is 0 Å². The molecule has 0 radical (unpaired) electrons. The number of hydrogen-bond acceptors (Lipinski definition) is 5. The van der Waals surface area contributed by atoms with Gasteiger partial charge in [0.25, 0.3) is 0 Å². The Morgan fingerprint density at radius 3 is 2.68 bits per heavy atom. The Balaban J connectivity index is 1.54. The molecule has 1 aromatic carbocycles. The van der Waals surface area contributed by atoms with Crippen molar-refractivity contribution in [2.24, 2.45) is 7.05 Å². The molecule has 0 saturated carbocycles. The van der Waals surface area contributed by atoms with E-state index in [4.69, 9.17) is 10.1 Å². The van der Waals surface area contributed by atoms with E-state index in [1.165, 1.54) is 0 Å². The van der Waals surface area contributed by atoms with Gasteiger partial charge in [-0.1, -0.05) is 25.1 Å². The standard InChI is InChI=1S/C27H27N5O2/c1-4-6-25(33)22-10-9-18(14-28-22)23-13-17-7-5-8-19(20(17)15-29-23)27-21-16-31(2)26(34)12-11-24(21)32(3)30-27/h5,7-10,13-15H,4,6,11-12,16H2,1-3H3. The maximum absolute atomic E-state index is 12.3. The third kappa shape index (κ3) is 3.87. The predicted molar refractivity (Wildman–Crippen MR) is 131 cm³/mol. The number of hydrogen-bond donors (Lipinski definition) is 0. The molecule has 1 aliphatic rings. The number of carbonyl (C=O) groups is 2. The van der Waals surface area contributed by atoms with Crippen LogP contribution in [0.4, 0.5) is 0 Å². The van der Waals surface area contributed by atoms with Crippen LogP contribution in [0.5, 0.6) is 0 Å². The van der Waals surface area contributed by atoms with Crippen LogP contribution in [-0.4, -0.2) is 43.4 Å². The molecule has 0 saturated heterocycles. The van der Waals surface area contributed by atoms with E-state index in [9.17, 15) is 9.59 Å². The molecule has 0 spiro atoms. The van der Waals surface area contributed by atoms with E-state index < -0.39 is 0 Å². The Hall–Kier alpha value is -3.87. The second-order valence-electron chi connectivity index (χ2n) is 8.85. The molecular formula is C27H27N5O2. The third-order valence-electron chi connectivity index (χ3n) is 6.51. The Bertz CT molecular complexity index is 1400. The van der Waals surface area contributed by atoms with E-state index in [1.54, 1.807) is 17.2 Å². The monoisotopic (exact) mass is 453 g/mol. The number of pyridine rings is 2. The van der Waals surface area contributed by atoms with Crippen molar-refractivity contribution in [3.05, 3.63) is 65.7 Å². The number of amides is 1. The maximum Gasteiger partial charge on any atom is 0.223 e. The second kappa shape index (κ2) is 8.82. The van der Waals surface area contributed by atoms with Crippen molar-refractivity contribution in [3.8, 4) is 22.5 Å². The first-order valence-corrected chi connectivity index (χ1v) is 11.6. The lowest BCUT2D eigenvalue weighted by Gasteiger charge is -2.15. The Labute approximate surface area is 198 Å². The van der Waals surface area contributed by atoms with Gasteiger partial charge in [-0.15, -0.1) is 0 Å². The predicted octanol–water partition coefficient (Wildman–Crippen LogP) is 4.58. The summed E-state index contributed by atoms with van der Waals surface area (Å²) >= 11 is 0. The molecule has 0 unspecified atom stereocenters. The van der Waals surface area contributed by atoms with Gasteiger partial charge in [-0.05, 0) is 36.4 Å². The molecule has 1 amide bonds. The molecule has 34 heavy (non-hydrogen) atoms. The quantitative estimate of drug-likeness (QED) is 0.413. The summed E-state index contributed by atoms with van der Waals surface area (Å²) < 4.78 is 1.91. The van der Waals surface area contributed by atoms with E-state index >= 15 is 0 Å². The zero-order valence-corrected chi connectivity index (χ0v) is 19.7. The lowest BCUT2D eigenvalue weighted by Crippen LogP contribution is -2.24. The molecule has 0 N–H and O–H groups in total. The summed E-state index contributed by atoms with van der Waals surface area (Å²) in [5, 5.41) is 6.90. The summed E-state index contributed by atoms with van der Waals surface area (Å²) in [6.45, 7) is 2.54. The van der Waals surface area contributed by atoms with Gasteiger partial charge in [-0.2, -0.15) is 5.10 Å².